The number of thiocarbonyl (C=S) groups is 1. The summed E-state index contributed by atoms with van der Waals surface area (Å²) in [6, 6.07) is 10.1. The van der Waals surface area contributed by atoms with Gasteiger partial charge in [0.25, 0.3) is 0 Å². The topological polar surface area (TPSA) is 35.2 Å². The lowest BCUT2D eigenvalue weighted by Crippen LogP contribution is -2.13. The zero-order valence-electron chi connectivity index (χ0n) is 10.1. The van der Waals surface area contributed by atoms with Gasteiger partial charge in [-0.15, -0.1) is 0 Å². The summed E-state index contributed by atoms with van der Waals surface area (Å²) >= 11 is 8.25. The Labute approximate surface area is 124 Å². The minimum Gasteiger partial charge on any atom is -0.455 e. The molecule has 5 heteroatoms. The van der Waals surface area contributed by atoms with Gasteiger partial charge in [-0.25, -0.2) is 4.39 Å². The molecule has 0 bridgehead atoms. The SMILES string of the molecule is Cc1ccc(Oc2cccc(F)c2C(N)=S)c(Br)c1. The molecule has 0 saturated heterocycles. The van der Waals surface area contributed by atoms with Crippen molar-refractivity contribution in [2.45, 2.75) is 6.92 Å². The second kappa shape index (κ2) is 5.67. The molecule has 0 heterocycles. The summed E-state index contributed by atoms with van der Waals surface area (Å²) in [5.74, 6) is 0.388. The van der Waals surface area contributed by atoms with Crippen LogP contribution >= 0.6 is 28.1 Å². The molecule has 0 fully saturated rings. The van der Waals surface area contributed by atoms with Gasteiger partial charge in [-0.05, 0) is 52.7 Å². The smallest absolute Gasteiger partial charge is 0.141 e. The van der Waals surface area contributed by atoms with Crippen molar-refractivity contribution >= 4 is 33.1 Å². The lowest BCUT2D eigenvalue weighted by Gasteiger charge is -2.12. The largest absolute Gasteiger partial charge is 0.455 e. The van der Waals surface area contributed by atoms with Gasteiger partial charge in [-0.3, -0.25) is 0 Å². The van der Waals surface area contributed by atoms with Crippen LogP contribution < -0.4 is 10.5 Å². The van der Waals surface area contributed by atoms with E-state index in [9.17, 15) is 4.39 Å². The van der Waals surface area contributed by atoms with E-state index >= 15 is 0 Å². The Bertz CT molecular complexity index is 645. The lowest BCUT2D eigenvalue weighted by molar-refractivity contribution is 0.472. The summed E-state index contributed by atoms with van der Waals surface area (Å²) in [4.78, 5) is -0.0312. The Morgan fingerprint density at radius 1 is 1.26 bits per heavy atom. The first-order chi connectivity index (χ1) is 8.99. The summed E-state index contributed by atoms with van der Waals surface area (Å²) in [5, 5.41) is 0. The first-order valence-corrected chi connectivity index (χ1v) is 6.71. The van der Waals surface area contributed by atoms with Crippen LogP contribution in [0.5, 0.6) is 11.5 Å². The average molecular weight is 340 g/mol. The summed E-state index contributed by atoms with van der Waals surface area (Å²) in [5.41, 5.74) is 6.74. The van der Waals surface area contributed by atoms with Gasteiger partial charge >= 0.3 is 0 Å². The Kier molecular flexibility index (Phi) is 4.17. The maximum absolute atomic E-state index is 13.7. The van der Waals surface area contributed by atoms with Crippen LogP contribution in [0.15, 0.2) is 40.9 Å². The molecule has 0 amide bonds. The van der Waals surface area contributed by atoms with Gasteiger partial charge in [0.15, 0.2) is 0 Å². The highest BCUT2D eigenvalue weighted by Gasteiger charge is 2.14. The third kappa shape index (κ3) is 3.11. The highest BCUT2D eigenvalue weighted by molar-refractivity contribution is 9.10. The molecule has 0 aliphatic rings. The van der Waals surface area contributed by atoms with Crippen LogP contribution in [-0.4, -0.2) is 4.99 Å². The molecule has 2 aromatic carbocycles. The summed E-state index contributed by atoms with van der Waals surface area (Å²) in [7, 11) is 0. The van der Waals surface area contributed by atoms with Crippen LogP contribution in [0.3, 0.4) is 0 Å². The van der Waals surface area contributed by atoms with Gasteiger partial charge in [0.05, 0.1) is 10.0 Å². The first-order valence-electron chi connectivity index (χ1n) is 5.51. The number of ether oxygens (including phenoxy) is 1. The fourth-order valence-corrected chi connectivity index (χ4v) is 2.41. The van der Waals surface area contributed by atoms with Crippen molar-refractivity contribution in [3.8, 4) is 11.5 Å². The number of hydrogen-bond donors (Lipinski definition) is 1. The Hall–Kier alpha value is -1.46. The molecule has 2 rings (SSSR count). The molecule has 0 radical (unpaired) electrons. The standard InChI is InChI=1S/C14H11BrFNOS/c1-8-5-6-11(9(15)7-8)18-12-4-2-3-10(16)13(12)14(17)19/h2-7H,1H3,(H2,17,19). The fourth-order valence-electron chi connectivity index (χ4n) is 1.64. The maximum atomic E-state index is 13.7. The summed E-state index contributed by atoms with van der Waals surface area (Å²) in [6.45, 7) is 1.97. The fraction of sp³-hybridized carbons (Fsp3) is 0.0714. The molecule has 0 atom stereocenters. The van der Waals surface area contributed by atoms with E-state index in [1.807, 2.05) is 19.1 Å². The van der Waals surface area contributed by atoms with E-state index in [0.717, 1.165) is 10.0 Å². The zero-order chi connectivity index (χ0) is 14.0. The summed E-state index contributed by atoms with van der Waals surface area (Å²) < 4.78 is 20.2. The zero-order valence-corrected chi connectivity index (χ0v) is 12.5. The minimum atomic E-state index is -0.492. The Morgan fingerprint density at radius 2 is 2.00 bits per heavy atom. The van der Waals surface area contributed by atoms with Crippen molar-refractivity contribution in [3.63, 3.8) is 0 Å². The molecular formula is C14H11BrFNOS. The normalized spacial score (nSPS) is 10.3. The van der Waals surface area contributed by atoms with Gasteiger partial charge < -0.3 is 10.5 Å². The maximum Gasteiger partial charge on any atom is 0.141 e. The van der Waals surface area contributed by atoms with Crippen molar-refractivity contribution in [2.24, 2.45) is 5.73 Å². The average Bonchev–Trinajstić information content (AvgIpc) is 2.32. The summed E-state index contributed by atoms with van der Waals surface area (Å²) in [6.07, 6.45) is 0. The number of rotatable bonds is 3. The lowest BCUT2D eigenvalue weighted by atomic mass is 10.2. The number of hydrogen-bond acceptors (Lipinski definition) is 2. The molecule has 19 heavy (non-hydrogen) atoms. The van der Waals surface area contributed by atoms with Crippen molar-refractivity contribution in [2.75, 3.05) is 0 Å². The van der Waals surface area contributed by atoms with Crippen molar-refractivity contribution in [1.82, 2.24) is 0 Å². The van der Waals surface area contributed by atoms with Gasteiger partial charge in [0.2, 0.25) is 0 Å². The molecule has 2 nitrogen and oxygen atoms in total. The molecule has 98 valence electrons. The number of aryl methyl sites for hydroxylation is 1. The van der Waals surface area contributed by atoms with Crippen molar-refractivity contribution in [1.29, 1.82) is 0 Å². The molecular weight excluding hydrogens is 329 g/mol. The first kappa shape index (κ1) is 14.0. The quantitative estimate of drug-likeness (QED) is 0.845. The van der Waals surface area contributed by atoms with E-state index in [4.69, 9.17) is 22.7 Å². The predicted molar refractivity (Wildman–Crippen MR) is 81.2 cm³/mol. The van der Waals surface area contributed by atoms with Crippen LogP contribution in [0.25, 0.3) is 0 Å². The molecule has 0 saturated carbocycles. The van der Waals surface area contributed by atoms with E-state index < -0.39 is 5.82 Å². The highest BCUT2D eigenvalue weighted by atomic mass is 79.9. The van der Waals surface area contributed by atoms with E-state index in [2.05, 4.69) is 15.9 Å². The number of nitrogens with two attached hydrogens (primary N) is 1. The molecule has 2 aromatic rings. The van der Waals surface area contributed by atoms with Crippen molar-refractivity contribution in [3.05, 3.63) is 57.8 Å². The molecule has 0 aromatic heterocycles. The van der Waals surface area contributed by atoms with Gasteiger partial charge in [-0.2, -0.15) is 0 Å². The molecule has 0 spiro atoms. The molecule has 0 unspecified atom stereocenters. The monoisotopic (exact) mass is 339 g/mol. The van der Waals surface area contributed by atoms with Crippen LogP contribution in [0.1, 0.15) is 11.1 Å². The molecule has 2 N–H and O–H groups in total. The Morgan fingerprint density at radius 3 is 2.63 bits per heavy atom. The highest BCUT2D eigenvalue weighted by Crippen LogP contribution is 2.32. The van der Waals surface area contributed by atoms with Gasteiger partial charge in [0.1, 0.15) is 22.3 Å². The van der Waals surface area contributed by atoms with Crippen LogP contribution in [0.2, 0.25) is 0 Å². The number of benzene rings is 2. The van der Waals surface area contributed by atoms with Crippen LogP contribution in [-0.2, 0) is 0 Å². The second-order valence-electron chi connectivity index (χ2n) is 4.01. The third-order valence-corrected chi connectivity index (χ3v) is 3.35. The number of halogens is 2. The van der Waals surface area contributed by atoms with Gasteiger partial charge in [0, 0.05) is 0 Å². The second-order valence-corrected chi connectivity index (χ2v) is 5.31. The van der Waals surface area contributed by atoms with E-state index in [1.54, 1.807) is 18.2 Å². The molecule has 0 aliphatic heterocycles. The minimum absolute atomic E-state index is 0.0312. The third-order valence-electron chi connectivity index (χ3n) is 2.53. The van der Waals surface area contributed by atoms with Crippen LogP contribution in [0.4, 0.5) is 4.39 Å². The Balaban J connectivity index is 2.44. The van der Waals surface area contributed by atoms with Gasteiger partial charge in [-0.1, -0.05) is 24.4 Å². The van der Waals surface area contributed by atoms with Crippen molar-refractivity contribution < 1.29 is 9.13 Å². The molecule has 0 aliphatic carbocycles. The van der Waals surface area contributed by atoms with E-state index in [-0.39, 0.29) is 10.6 Å². The predicted octanol–water partition coefficient (Wildman–Crippen LogP) is 4.32. The van der Waals surface area contributed by atoms with E-state index in [0.29, 0.717) is 11.5 Å². The van der Waals surface area contributed by atoms with Crippen LogP contribution in [0, 0.1) is 12.7 Å². The van der Waals surface area contributed by atoms with E-state index in [1.165, 1.54) is 6.07 Å².